The van der Waals surface area contributed by atoms with Gasteiger partial charge in [0, 0.05) is 5.69 Å². The van der Waals surface area contributed by atoms with E-state index < -0.39 is 17.7 Å². The summed E-state index contributed by atoms with van der Waals surface area (Å²) in [4.78, 5) is 23.7. The molecule has 0 bridgehead atoms. The predicted molar refractivity (Wildman–Crippen MR) is 83.4 cm³/mol. The lowest BCUT2D eigenvalue weighted by Gasteiger charge is -2.22. The first-order valence-corrected chi connectivity index (χ1v) is 6.96. The molecular formula is C16H24N2O3. The highest BCUT2D eigenvalue weighted by Gasteiger charge is 2.21. The molecule has 1 unspecified atom stereocenters. The Labute approximate surface area is 126 Å². The fraction of sp³-hybridized carbons (Fsp3) is 0.500. The fourth-order valence-electron chi connectivity index (χ4n) is 1.66. The molecule has 5 nitrogen and oxygen atoms in total. The molecule has 0 radical (unpaired) electrons. The number of ether oxygens (including phenoxy) is 1. The lowest BCUT2D eigenvalue weighted by molar-refractivity contribution is -0.117. The van der Waals surface area contributed by atoms with Crippen LogP contribution in [0, 0.1) is 13.8 Å². The van der Waals surface area contributed by atoms with E-state index in [1.54, 1.807) is 27.7 Å². The maximum absolute atomic E-state index is 12.1. The average Bonchev–Trinajstić information content (AvgIpc) is 2.31. The van der Waals surface area contributed by atoms with Crippen molar-refractivity contribution in [3.8, 4) is 0 Å². The van der Waals surface area contributed by atoms with Crippen molar-refractivity contribution in [1.29, 1.82) is 0 Å². The van der Waals surface area contributed by atoms with Crippen molar-refractivity contribution in [1.82, 2.24) is 5.32 Å². The lowest BCUT2D eigenvalue weighted by Crippen LogP contribution is -2.44. The molecule has 1 aromatic carbocycles. The smallest absolute Gasteiger partial charge is 0.408 e. The minimum Gasteiger partial charge on any atom is -0.444 e. The van der Waals surface area contributed by atoms with E-state index in [4.69, 9.17) is 4.74 Å². The van der Waals surface area contributed by atoms with Crippen molar-refractivity contribution in [3.05, 3.63) is 29.3 Å². The lowest BCUT2D eigenvalue weighted by atomic mass is 10.1. The van der Waals surface area contributed by atoms with E-state index in [0.717, 1.165) is 16.8 Å². The molecule has 2 N–H and O–H groups in total. The molecule has 0 saturated heterocycles. The van der Waals surface area contributed by atoms with Gasteiger partial charge < -0.3 is 15.4 Å². The molecular weight excluding hydrogens is 268 g/mol. The summed E-state index contributed by atoms with van der Waals surface area (Å²) in [5.41, 5.74) is 2.19. The highest BCUT2D eigenvalue weighted by atomic mass is 16.6. The van der Waals surface area contributed by atoms with E-state index in [0.29, 0.717) is 0 Å². The largest absolute Gasteiger partial charge is 0.444 e. The molecule has 1 rings (SSSR count). The van der Waals surface area contributed by atoms with Crippen LogP contribution in [0.4, 0.5) is 10.5 Å². The molecule has 0 aliphatic rings. The first-order chi connectivity index (χ1) is 9.58. The normalized spacial score (nSPS) is 12.5. The van der Waals surface area contributed by atoms with Gasteiger partial charge in [-0.15, -0.1) is 0 Å². The van der Waals surface area contributed by atoms with E-state index in [2.05, 4.69) is 10.6 Å². The Bertz CT molecular complexity index is 533. The molecule has 2 amide bonds. The second-order valence-corrected chi connectivity index (χ2v) is 6.18. The molecule has 116 valence electrons. The number of amides is 2. The molecule has 0 aromatic heterocycles. The van der Waals surface area contributed by atoms with E-state index in [1.165, 1.54) is 0 Å². The molecule has 0 spiro atoms. The van der Waals surface area contributed by atoms with Crippen LogP contribution in [0.1, 0.15) is 38.8 Å². The molecule has 0 aliphatic carbocycles. The van der Waals surface area contributed by atoms with Gasteiger partial charge in [-0.25, -0.2) is 4.79 Å². The second kappa shape index (κ2) is 6.61. The van der Waals surface area contributed by atoms with Crippen molar-refractivity contribution >= 4 is 17.7 Å². The zero-order valence-corrected chi connectivity index (χ0v) is 13.5. The van der Waals surface area contributed by atoms with Gasteiger partial charge >= 0.3 is 6.09 Å². The van der Waals surface area contributed by atoms with Gasteiger partial charge in [0.1, 0.15) is 11.6 Å². The number of alkyl carbamates (subject to hydrolysis) is 1. The maximum atomic E-state index is 12.1. The predicted octanol–water partition coefficient (Wildman–Crippen LogP) is 3.16. The number of hydrogen-bond acceptors (Lipinski definition) is 3. The minimum atomic E-state index is -0.681. The number of nitrogens with one attached hydrogen (secondary N) is 2. The zero-order chi connectivity index (χ0) is 16.2. The van der Waals surface area contributed by atoms with Crippen LogP contribution < -0.4 is 10.6 Å². The van der Waals surface area contributed by atoms with Gasteiger partial charge in [0.25, 0.3) is 0 Å². The quantitative estimate of drug-likeness (QED) is 0.899. The Hall–Kier alpha value is -2.04. The Morgan fingerprint density at radius 1 is 1.19 bits per heavy atom. The molecule has 5 heteroatoms. The zero-order valence-electron chi connectivity index (χ0n) is 13.5. The standard InChI is InChI=1S/C16H24N2O3/c1-10-7-8-11(2)13(9-10)18-14(19)12(3)17-15(20)21-16(4,5)6/h7-9,12H,1-6H3,(H,17,20)(H,18,19). The van der Waals surface area contributed by atoms with Crippen LogP contribution in [-0.4, -0.2) is 23.6 Å². The topological polar surface area (TPSA) is 67.4 Å². The Balaban J connectivity index is 2.63. The molecule has 1 aromatic rings. The van der Waals surface area contributed by atoms with Gasteiger partial charge in [0.05, 0.1) is 0 Å². The highest BCUT2D eigenvalue weighted by Crippen LogP contribution is 2.16. The van der Waals surface area contributed by atoms with Crippen LogP contribution in [-0.2, 0) is 9.53 Å². The summed E-state index contributed by atoms with van der Waals surface area (Å²) in [7, 11) is 0. The number of carbonyl (C=O) groups excluding carboxylic acids is 2. The Morgan fingerprint density at radius 3 is 2.38 bits per heavy atom. The number of benzene rings is 1. The summed E-state index contributed by atoms with van der Waals surface area (Å²) in [6, 6.07) is 5.14. The molecule has 21 heavy (non-hydrogen) atoms. The van der Waals surface area contributed by atoms with E-state index in [1.807, 2.05) is 32.0 Å². The molecule has 0 heterocycles. The van der Waals surface area contributed by atoms with Gasteiger partial charge in [0.15, 0.2) is 0 Å². The summed E-state index contributed by atoms with van der Waals surface area (Å²) >= 11 is 0. The van der Waals surface area contributed by atoms with Gasteiger partial charge in [0.2, 0.25) is 5.91 Å². The van der Waals surface area contributed by atoms with E-state index in [-0.39, 0.29) is 5.91 Å². The highest BCUT2D eigenvalue weighted by molar-refractivity contribution is 5.96. The summed E-state index contributed by atoms with van der Waals surface area (Å²) in [5, 5.41) is 5.33. The van der Waals surface area contributed by atoms with Crippen molar-refractivity contribution < 1.29 is 14.3 Å². The van der Waals surface area contributed by atoms with Crippen LogP contribution >= 0.6 is 0 Å². The minimum absolute atomic E-state index is 0.283. The van der Waals surface area contributed by atoms with Gasteiger partial charge in [-0.1, -0.05) is 12.1 Å². The molecule has 0 saturated carbocycles. The summed E-state index contributed by atoms with van der Waals surface area (Å²) < 4.78 is 5.12. The van der Waals surface area contributed by atoms with Crippen molar-refractivity contribution in [2.45, 2.75) is 53.2 Å². The third-order valence-electron chi connectivity index (χ3n) is 2.78. The van der Waals surface area contributed by atoms with Crippen LogP contribution in [0.25, 0.3) is 0 Å². The second-order valence-electron chi connectivity index (χ2n) is 6.18. The van der Waals surface area contributed by atoms with Gasteiger partial charge in [-0.05, 0) is 58.7 Å². The number of hydrogen-bond donors (Lipinski definition) is 2. The summed E-state index contributed by atoms with van der Waals surface area (Å²) in [5.74, 6) is -0.283. The first-order valence-electron chi connectivity index (χ1n) is 6.96. The summed E-state index contributed by atoms with van der Waals surface area (Å²) in [6.07, 6.45) is -0.605. The van der Waals surface area contributed by atoms with Gasteiger partial charge in [-0.3, -0.25) is 4.79 Å². The third-order valence-corrected chi connectivity index (χ3v) is 2.78. The van der Waals surface area contributed by atoms with E-state index >= 15 is 0 Å². The van der Waals surface area contributed by atoms with Crippen molar-refractivity contribution in [2.75, 3.05) is 5.32 Å². The molecule has 0 fully saturated rings. The van der Waals surface area contributed by atoms with Crippen LogP contribution in [0.5, 0.6) is 0 Å². The Kier molecular flexibility index (Phi) is 5.35. The van der Waals surface area contributed by atoms with Crippen molar-refractivity contribution in [2.24, 2.45) is 0 Å². The number of aryl methyl sites for hydroxylation is 2. The molecule has 0 aliphatic heterocycles. The SMILES string of the molecule is Cc1ccc(C)c(NC(=O)C(C)NC(=O)OC(C)(C)C)c1. The summed E-state index contributed by atoms with van der Waals surface area (Å²) in [6.45, 7) is 10.8. The fourth-order valence-corrected chi connectivity index (χ4v) is 1.66. The number of rotatable bonds is 3. The third kappa shape index (κ3) is 5.85. The average molecular weight is 292 g/mol. The monoisotopic (exact) mass is 292 g/mol. The van der Waals surface area contributed by atoms with Gasteiger partial charge in [-0.2, -0.15) is 0 Å². The van der Waals surface area contributed by atoms with E-state index in [9.17, 15) is 9.59 Å². The first kappa shape index (κ1) is 17.0. The van der Waals surface area contributed by atoms with Crippen LogP contribution in [0.15, 0.2) is 18.2 Å². The molecule has 1 atom stereocenters. The van der Waals surface area contributed by atoms with Crippen LogP contribution in [0.2, 0.25) is 0 Å². The maximum Gasteiger partial charge on any atom is 0.408 e. The number of anilines is 1. The van der Waals surface area contributed by atoms with Crippen molar-refractivity contribution in [3.63, 3.8) is 0 Å². The van der Waals surface area contributed by atoms with Crippen LogP contribution in [0.3, 0.4) is 0 Å². The number of carbonyl (C=O) groups is 2. The Morgan fingerprint density at radius 2 is 1.81 bits per heavy atom.